The van der Waals surface area contributed by atoms with Gasteiger partial charge in [-0.2, -0.15) is 23.4 Å². The van der Waals surface area contributed by atoms with Crippen molar-refractivity contribution in [2.45, 2.75) is 37.6 Å². The number of nitrogens with zero attached hydrogens (tertiary/aromatic N) is 6. The van der Waals surface area contributed by atoms with Gasteiger partial charge in [-0.25, -0.2) is 4.79 Å². The number of anilines is 1. The average molecular weight is 414 g/mol. The van der Waals surface area contributed by atoms with Gasteiger partial charge in [0.15, 0.2) is 0 Å². The van der Waals surface area contributed by atoms with Crippen LogP contribution in [-0.2, 0) is 30.2 Å². The van der Waals surface area contributed by atoms with Crippen LogP contribution < -0.4 is 4.90 Å². The smallest absolute Gasteiger partial charge is 0.475 e. The summed E-state index contributed by atoms with van der Waals surface area (Å²) in [5, 5.41) is 15.5. The SMILES string of the molecule is Cn1cc(CN2CC[C@H]3[C@@H]2CC(=O)N3c2cnn(C)c2)cn1.O=C(O)C(F)(F)F. The Morgan fingerprint density at radius 3 is 2.31 bits per heavy atom. The van der Waals surface area contributed by atoms with E-state index in [0.29, 0.717) is 12.5 Å². The van der Waals surface area contributed by atoms with E-state index < -0.39 is 12.1 Å². The van der Waals surface area contributed by atoms with Gasteiger partial charge < -0.3 is 10.0 Å². The average Bonchev–Trinajstić information content (AvgIpc) is 3.36. The summed E-state index contributed by atoms with van der Waals surface area (Å²) in [4.78, 5) is 25.7. The van der Waals surface area contributed by atoms with Crippen LogP contribution in [0.3, 0.4) is 0 Å². The molecule has 2 aliphatic heterocycles. The molecule has 0 aliphatic carbocycles. The van der Waals surface area contributed by atoms with Crippen LogP contribution in [0, 0.1) is 0 Å². The van der Waals surface area contributed by atoms with Crippen LogP contribution in [0.1, 0.15) is 18.4 Å². The Balaban J connectivity index is 0.000000298. The van der Waals surface area contributed by atoms with Crippen LogP contribution in [0.2, 0.25) is 0 Å². The molecule has 158 valence electrons. The maximum absolute atomic E-state index is 12.4. The third-order valence-corrected chi connectivity index (χ3v) is 4.97. The zero-order chi connectivity index (χ0) is 21.3. The summed E-state index contributed by atoms with van der Waals surface area (Å²) in [6.07, 6.45) is 4.19. The van der Waals surface area contributed by atoms with Gasteiger partial charge in [-0.15, -0.1) is 0 Å². The first kappa shape index (κ1) is 20.8. The second-order valence-corrected chi connectivity index (χ2v) is 7.06. The van der Waals surface area contributed by atoms with E-state index in [-0.39, 0.29) is 11.9 Å². The number of carboxylic acid groups (broad SMARTS) is 1. The highest BCUT2D eigenvalue weighted by atomic mass is 19.4. The van der Waals surface area contributed by atoms with Crippen molar-refractivity contribution in [1.82, 2.24) is 24.5 Å². The Bertz CT molecular complexity index is 893. The molecule has 2 aromatic rings. The first-order valence-electron chi connectivity index (χ1n) is 8.88. The van der Waals surface area contributed by atoms with Gasteiger partial charge in [-0.05, 0) is 6.42 Å². The van der Waals surface area contributed by atoms with Gasteiger partial charge in [0.05, 0.1) is 24.1 Å². The molecule has 0 unspecified atom stereocenters. The molecular weight excluding hydrogens is 393 g/mol. The molecule has 0 saturated carbocycles. The van der Waals surface area contributed by atoms with Crippen molar-refractivity contribution < 1.29 is 27.9 Å². The van der Waals surface area contributed by atoms with Crippen molar-refractivity contribution in [3.8, 4) is 0 Å². The molecular formula is C17H21F3N6O3. The molecule has 0 bridgehead atoms. The minimum Gasteiger partial charge on any atom is -0.475 e. The van der Waals surface area contributed by atoms with Crippen LogP contribution in [0.5, 0.6) is 0 Å². The van der Waals surface area contributed by atoms with Gasteiger partial charge in [0, 0.05) is 57.6 Å². The largest absolute Gasteiger partial charge is 0.490 e. The zero-order valence-electron chi connectivity index (χ0n) is 15.9. The molecule has 9 nitrogen and oxygen atoms in total. The lowest BCUT2D eigenvalue weighted by atomic mass is 10.1. The van der Waals surface area contributed by atoms with E-state index in [9.17, 15) is 18.0 Å². The number of carbonyl (C=O) groups is 2. The first-order chi connectivity index (χ1) is 13.6. The number of carboxylic acids is 1. The van der Waals surface area contributed by atoms with Crippen molar-refractivity contribution in [2.24, 2.45) is 14.1 Å². The number of aryl methyl sites for hydroxylation is 2. The van der Waals surface area contributed by atoms with Crippen LogP contribution >= 0.6 is 0 Å². The molecule has 12 heteroatoms. The number of rotatable bonds is 3. The van der Waals surface area contributed by atoms with Gasteiger partial charge in [0.2, 0.25) is 5.91 Å². The molecule has 2 fully saturated rings. The van der Waals surface area contributed by atoms with Gasteiger partial charge in [0.1, 0.15) is 0 Å². The van der Waals surface area contributed by atoms with Crippen LogP contribution in [0.25, 0.3) is 0 Å². The summed E-state index contributed by atoms with van der Waals surface area (Å²) in [5.74, 6) is -2.55. The summed E-state index contributed by atoms with van der Waals surface area (Å²) in [6.45, 7) is 1.89. The molecule has 0 aromatic carbocycles. The number of hydrogen-bond donors (Lipinski definition) is 1. The van der Waals surface area contributed by atoms with E-state index >= 15 is 0 Å². The number of hydrogen-bond acceptors (Lipinski definition) is 5. The number of likely N-dealkylation sites (tertiary alicyclic amines) is 1. The van der Waals surface area contributed by atoms with Crippen LogP contribution in [-0.4, -0.2) is 66.2 Å². The van der Waals surface area contributed by atoms with Crippen molar-refractivity contribution in [3.05, 3.63) is 30.4 Å². The maximum atomic E-state index is 12.4. The number of fused-ring (bicyclic) bond motifs is 1. The number of alkyl halides is 3. The fraction of sp³-hybridized carbons (Fsp3) is 0.529. The lowest BCUT2D eigenvalue weighted by Crippen LogP contribution is -2.37. The normalized spacial score (nSPS) is 21.8. The Labute approximate surface area is 164 Å². The highest BCUT2D eigenvalue weighted by Crippen LogP contribution is 2.36. The number of aromatic nitrogens is 4. The molecule has 29 heavy (non-hydrogen) atoms. The third-order valence-electron chi connectivity index (χ3n) is 4.97. The van der Waals surface area contributed by atoms with Crippen molar-refractivity contribution >= 4 is 17.6 Å². The maximum Gasteiger partial charge on any atom is 0.490 e. The molecule has 1 amide bonds. The quantitative estimate of drug-likeness (QED) is 0.810. The Morgan fingerprint density at radius 1 is 1.17 bits per heavy atom. The topological polar surface area (TPSA) is 96.5 Å². The van der Waals surface area contributed by atoms with Crippen LogP contribution in [0.15, 0.2) is 24.8 Å². The number of carbonyl (C=O) groups excluding carboxylic acids is 1. The lowest BCUT2D eigenvalue weighted by molar-refractivity contribution is -0.192. The summed E-state index contributed by atoms with van der Waals surface area (Å²) in [7, 11) is 3.81. The second kappa shape index (κ2) is 7.85. The number of amides is 1. The summed E-state index contributed by atoms with van der Waals surface area (Å²) < 4.78 is 35.3. The van der Waals surface area contributed by atoms with Crippen molar-refractivity contribution in [3.63, 3.8) is 0 Å². The van der Waals surface area contributed by atoms with Gasteiger partial charge in [-0.3, -0.25) is 19.1 Å². The van der Waals surface area contributed by atoms with E-state index in [1.54, 1.807) is 10.9 Å². The van der Waals surface area contributed by atoms with Crippen LogP contribution in [0.4, 0.5) is 18.9 Å². The molecule has 0 spiro atoms. The van der Waals surface area contributed by atoms with E-state index in [1.165, 1.54) is 5.56 Å². The second-order valence-electron chi connectivity index (χ2n) is 7.06. The summed E-state index contributed by atoms with van der Waals surface area (Å²) in [6, 6.07) is 0.571. The number of halogens is 3. The lowest BCUT2D eigenvalue weighted by Gasteiger charge is -2.24. The molecule has 4 heterocycles. The van der Waals surface area contributed by atoms with E-state index in [0.717, 1.165) is 25.2 Å². The Morgan fingerprint density at radius 2 is 1.79 bits per heavy atom. The van der Waals surface area contributed by atoms with Gasteiger partial charge >= 0.3 is 12.1 Å². The molecule has 2 atom stereocenters. The predicted octanol–water partition coefficient (Wildman–Crippen LogP) is 1.17. The van der Waals surface area contributed by atoms with E-state index in [4.69, 9.17) is 9.90 Å². The third kappa shape index (κ3) is 4.58. The van der Waals surface area contributed by atoms with Crippen molar-refractivity contribution in [2.75, 3.05) is 11.4 Å². The van der Waals surface area contributed by atoms with Gasteiger partial charge in [-0.1, -0.05) is 0 Å². The minimum absolute atomic E-state index is 0.207. The molecule has 0 radical (unpaired) electrons. The first-order valence-corrected chi connectivity index (χ1v) is 8.88. The fourth-order valence-electron chi connectivity index (χ4n) is 3.78. The highest BCUT2D eigenvalue weighted by molar-refractivity contribution is 5.97. The Kier molecular flexibility index (Phi) is 5.64. The summed E-state index contributed by atoms with van der Waals surface area (Å²) >= 11 is 0. The summed E-state index contributed by atoms with van der Waals surface area (Å²) in [5.41, 5.74) is 2.12. The fourth-order valence-corrected chi connectivity index (χ4v) is 3.78. The molecule has 4 rings (SSSR count). The highest BCUT2D eigenvalue weighted by Gasteiger charge is 2.47. The zero-order valence-corrected chi connectivity index (χ0v) is 15.9. The monoisotopic (exact) mass is 414 g/mol. The standard InChI is InChI=1S/C15H20N6O.C2HF3O2/c1-18-8-11(6-16-18)9-20-4-3-13-14(20)5-15(22)21(13)12-7-17-19(2)10-12;3-2(4,5)1(6)7/h6-8,10,13-14H,3-5,9H2,1-2H3;(H,6,7)/t13-,14-;/m0./s1. The molecule has 1 N–H and O–H groups in total. The molecule has 2 aromatic heterocycles. The Hall–Kier alpha value is -2.89. The van der Waals surface area contributed by atoms with E-state index in [1.807, 2.05) is 42.3 Å². The van der Waals surface area contributed by atoms with E-state index in [2.05, 4.69) is 15.1 Å². The molecule has 2 saturated heterocycles. The van der Waals surface area contributed by atoms with Gasteiger partial charge in [0.25, 0.3) is 0 Å². The number of aliphatic carboxylic acids is 1. The van der Waals surface area contributed by atoms with Crippen molar-refractivity contribution in [1.29, 1.82) is 0 Å². The predicted molar refractivity (Wildman–Crippen MR) is 94.8 cm³/mol. The molecule has 2 aliphatic rings. The minimum atomic E-state index is -5.08.